The first-order chi connectivity index (χ1) is 7.74. The number of benzene rings is 1. The lowest BCUT2D eigenvalue weighted by Crippen LogP contribution is -2.34. The third-order valence-electron chi connectivity index (χ3n) is 3.02. The molecule has 88 valence electrons. The minimum atomic E-state index is 0.693. The van der Waals surface area contributed by atoms with Crippen LogP contribution in [-0.4, -0.2) is 31.6 Å². The molecule has 2 rings (SSSR count). The largest absolute Gasteiger partial charge is 0.493 e. The fourth-order valence-corrected chi connectivity index (χ4v) is 2.51. The van der Waals surface area contributed by atoms with Crippen LogP contribution in [0, 0.1) is 9.49 Å². The molecule has 1 aliphatic rings. The number of halogens is 1. The molecule has 1 saturated heterocycles. The van der Waals surface area contributed by atoms with Crippen LogP contribution in [0.1, 0.15) is 12.8 Å². The van der Waals surface area contributed by atoms with Gasteiger partial charge in [-0.15, -0.1) is 0 Å². The highest BCUT2D eigenvalue weighted by molar-refractivity contribution is 14.1. The van der Waals surface area contributed by atoms with E-state index in [0.717, 1.165) is 12.4 Å². The summed E-state index contributed by atoms with van der Waals surface area (Å²) in [6, 6.07) is 8.27. The van der Waals surface area contributed by atoms with Crippen molar-refractivity contribution in [1.29, 1.82) is 0 Å². The molecule has 1 aromatic rings. The Balaban J connectivity index is 1.80. The predicted molar refractivity (Wildman–Crippen MR) is 74.9 cm³/mol. The van der Waals surface area contributed by atoms with E-state index < -0.39 is 0 Å². The number of hydrogen-bond acceptors (Lipinski definition) is 2. The molecule has 0 amide bonds. The molecule has 0 bridgehead atoms. The van der Waals surface area contributed by atoms with E-state index >= 15 is 0 Å². The van der Waals surface area contributed by atoms with Gasteiger partial charge in [-0.25, -0.2) is 0 Å². The summed E-state index contributed by atoms with van der Waals surface area (Å²) in [6.07, 6.45) is 2.60. The molecule has 0 N–H and O–H groups in total. The molecule has 1 atom stereocenters. The molecule has 1 aromatic carbocycles. The molecule has 0 saturated carbocycles. The van der Waals surface area contributed by atoms with Crippen LogP contribution in [0.3, 0.4) is 0 Å². The highest BCUT2D eigenvalue weighted by Crippen LogP contribution is 2.18. The zero-order chi connectivity index (χ0) is 11.4. The van der Waals surface area contributed by atoms with Crippen LogP contribution in [0.5, 0.6) is 5.75 Å². The van der Waals surface area contributed by atoms with E-state index in [2.05, 4.69) is 46.7 Å². The van der Waals surface area contributed by atoms with Crippen LogP contribution < -0.4 is 4.74 Å². The van der Waals surface area contributed by atoms with E-state index in [4.69, 9.17) is 4.74 Å². The summed E-state index contributed by atoms with van der Waals surface area (Å²) >= 11 is 2.31. The Labute approximate surface area is 111 Å². The maximum absolute atomic E-state index is 5.82. The van der Waals surface area contributed by atoms with Gasteiger partial charge in [0, 0.05) is 16.0 Å². The Bertz CT molecular complexity index is 325. The van der Waals surface area contributed by atoms with E-state index in [1.165, 1.54) is 29.5 Å². The first-order valence-electron chi connectivity index (χ1n) is 5.81. The van der Waals surface area contributed by atoms with Crippen molar-refractivity contribution in [2.45, 2.75) is 12.8 Å². The Kier molecular flexibility index (Phi) is 4.46. The second-order valence-electron chi connectivity index (χ2n) is 4.54. The van der Waals surface area contributed by atoms with Crippen LogP contribution in [0.15, 0.2) is 24.3 Å². The van der Waals surface area contributed by atoms with Gasteiger partial charge < -0.3 is 9.64 Å². The maximum Gasteiger partial charge on any atom is 0.119 e. The monoisotopic (exact) mass is 331 g/mol. The summed E-state index contributed by atoms with van der Waals surface area (Å²) in [6.45, 7) is 3.26. The van der Waals surface area contributed by atoms with Gasteiger partial charge in [-0.05, 0) is 73.3 Å². The van der Waals surface area contributed by atoms with Crippen LogP contribution >= 0.6 is 22.6 Å². The molecule has 3 heteroatoms. The zero-order valence-electron chi connectivity index (χ0n) is 9.66. The van der Waals surface area contributed by atoms with Crippen molar-refractivity contribution in [3.63, 3.8) is 0 Å². The first kappa shape index (κ1) is 12.2. The first-order valence-corrected chi connectivity index (χ1v) is 6.89. The fraction of sp³-hybridized carbons (Fsp3) is 0.538. The van der Waals surface area contributed by atoms with E-state index in [0.29, 0.717) is 5.92 Å². The Morgan fingerprint density at radius 3 is 2.81 bits per heavy atom. The van der Waals surface area contributed by atoms with Crippen molar-refractivity contribution >= 4 is 22.6 Å². The van der Waals surface area contributed by atoms with E-state index in [1.807, 2.05) is 12.1 Å². The molecule has 0 aromatic heterocycles. The van der Waals surface area contributed by atoms with E-state index in [1.54, 1.807) is 0 Å². The number of nitrogens with zero attached hydrogens (tertiary/aromatic N) is 1. The number of rotatable bonds is 3. The molecule has 0 aliphatic carbocycles. The average molecular weight is 331 g/mol. The summed E-state index contributed by atoms with van der Waals surface area (Å²) in [4.78, 5) is 2.39. The lowest BCUT2D eigenvalue weighted by atomic mass is 10.00. The van der Waals surface area contributed by atoms with Crippen LogP contribution in [-0.2, 0) is 0 Å². The van der Waals surface area contributed by atoms with Crippen LogP contribution in [0.4, 0.5) is 0 Å². The SMILES string of the molecule is CN1CCC[C@@H](COc2ccc(I)cc2)C1. The lowest BCUT2D eigenvalue weighted by molar-refractivity contribution is 0.150. The summed E-state index contributed by atoms with van der Waals surface area (Å²) in [7, 11) is 2.19. The van der Waals surface area contributed by atoms with Crippen molar-refractivity contribution in [2.75, 3.05) is 26.7 Å². The summed E-state index contributed by atoms with van der Waals surface area (Å²) in [5.41, 5.74) is 0. The van der Waals surface area contributed by atoms with E-state index in [9.17, 15) is 0 Å². The van der Waals surface area contributed by atoms with Gasteiger partial charge in [0.25, 0.3) is 0 Å². The van der Waals surface area contributed by atoms with Gasteiger partial charge in [-0.3, -0.25) is 0 Å². The fourth-order valence-electron chi connectivity index (χ4n) is 2.15. The number of hydrogen-bond donors (Lipinski definition) is 0. The number of ether oxygens (including phenoxy) is 1. The van der Waals surface area contributed by atoms with Gasteiger partial charge in [-0.1, -0.05) is 0 Å². The van der Waals surface area contributed by atoms with Gasteiger partial charge in [0.15, 0.2) is 0 Å². The molecule has 16 heavy (non-hydrogen) atoms. The number of piperidine rings is 1. The lowest BCUT2D eigenvalue weighted by Gasteiger charge is -2.29. The van der Waals surface area contributed by atoms with Gasteiger partial charge in [0.1, 0.15) is 5.75 Å². The van der Waals surface area contributed by atoms with Crippen LogP contribution in [0.2, 0.25) is 0 Å². The Hall–Kier alpha value is -0.290. The molecule has 0 radical (unpaired) electrons. The van der Waals surface area contributed by atoms with Crippen molar-refractivity contribution in [2.24, 2.45) is 5.92 Å². The van der Waals surface area contributed by atoms with Gasteiger partial charge in [0.05, 0.1) is 6.61 Å². The standard InChI is InChI=1S/C13H18INO/c1-15-8-2-3-11(9-15)10-16-13-6-4-12(14)5-7-13/h4-7,11H,2-3,8-10H2,1H3/t11-/m1/s1. The van der Waals surface area contributed by atoms with Crippen LogP contribution in [0.25, 0.3) is 0 Å². The second kappa shape index (κ2) is 5.87. The van der Waals surface area contributed by atoms with Gasteiger partial charge in [-0.2, -0.15) is 0 Å². The van der Waals surface area contributed by atoms with E-state index in [-0.39, 0.29) is 0 Å². The quantitative estimate of drug-likeness (QED) is 0.790. The summed E-state index contributed by atoms with van der Waals surface area (Å²) < 4.78 is 7.07. The molecule has 0 spiro atoms. The molecular formula is C13H18INO. The van der Waals surface area contributed by atoms with Crippen molar-refractivity contribution in [3.8, 4) is 5.75 Å². The van der Waals surface area contributed by atoms with Crippen molar-refractivity contribution < 1.29 is 4.74 Å². The molecule has 0 unspecified atom stereocenters. The Morgan fingerprint density at radius 1 is 1.38 bits per heavy atom. The molecule has 1 fully saturated rings. The summed E-state index contributed by atoms with van der Waals surface area (Å²) in [5.74, 6) is 1.69. The molecule has 2 nitrogen and oxygen atoms in total. The normalized spacial score (nSPS) is 22.0. The molecule has 1 aliphatic heterocycles. The minimum absolute atomic E-state index is 0.693. The minimum Gasteiger partial charge on any atom is -0.493 e. The third kappa shape index (κ3) is 3.63. The van der Waals surface area contributed by atoms with Crippen molar-refractivity contribution in [3.05, 3.63) is 27.8 Å². The third-order valence-corrected chi connectivity index (χ3v) is 3.74. The maximum atomic E-state index is 5.82. The zero-order valence-corrected chi connectivity index (χ0v) is 11.8. The average Bonchev–Trinajstić information content (AvgIpc) is 2.28. The van der Waals surface area contributed by atoms with Gasteiger partial charge >= 0.3 is 0 Å². The summed E-state index contributed by atoms with van der Waals surface area (Å²) in [5, 5.41) is 0. The second-order valence-corrected chi connectivity index (χ2v) is 5.78. The topological polar surface area (TPSA) is 12.5 Å². The molecule has 1 heterocycles. The molecular weight excluding hydrogens is 313 g/mol. The highest BCUT2D eigenvalue weighted by Gasteiger charge is 2.17. The number of likely N-dealkylation sites (tertiary alicyclic amines) is 1. The predicted octanol–water partition coefficient (Wildman–Crippen LogP) is 3.01. The van der Waals surface area contributed by atoms with Gasteiger partial charge in [0.2, 0.25) is 0 Å². The highest BCUT2D eigenvalue weighted by atomic mass is 127. The van der Waals surface area contributed by atoms with Crippen molar-refractivity contribution in [1.82, 2.24) is 4.90 Å². The Morgan fingerprint density at radius 2 is 2.12 bits per heavy atom. The smallest absolute Gasteiger partial charge is 0.119 e.